The Bertz CT molecular complexity index is 172. The zero-order chi connectivity index (χ0) is 11.1. The summed E-state index contributed by atoms with van der Waals surface area (Å²) in [7, 11) is 0. The standard InChI is InChI=1S/C14H27NO/c1-2-4-7-14(6-3-1)15-10-5-11-16-12-13-8-9-13/h13-15H,1-12H2. The quantitative estimate of drug-likeness (QED) is 0.531. The van der Waals surface area contributed by atoms with Crippen LogP contribution in [-0.2, 0) is 4.74 Å². The van der Waals surface area contributed by atoms with E-state index in [1.54, 1.807) is 0 Å². The molecule has 2 fully saturated rings. The van der Waals surface area contributed by atoms with E-state index in [1.165, 1.54) is 57.8 Å². The van der Waals surface area contributed by atoms with Crippen molar-refractivity contribution in [3.63, 3.8) is 0 Å². The third kappa shape index (κ3) is 5.31. The van der Waals surface area contributed by atoms with Gasteiger partial charge in [-0.25, -0.2) is 0 Å². The van der Waals surface area contributed by atoms with Crippen LogP contribution in [0.15, 0.2) is 0 Å². The normalized spacial score (nSPS) is 23.2. The Morgan fingerprint density at radius 3 is 2.38 bits per heavy atom. The SMILES string of the molecule is C1CCCC(NCCCOCC2CC2)CC1. The number of rotatable bonds is 7. The van der Waals surface area contributed by atoms with Gasteiger partial charge in [-0.15, -0.1) is 0 Å². The van der Waals surface area contributed by atoms with Crippen LogP contribution in [-0.4, -0.2) is 25.8 Å². The molecule has 0 aromatic rings. The van der Waals surface area contributed by atoms with Gasteiger partial charge in [-0.05, 0) is 44.6 Å². The van der Waals surface area contributed by atoms with Gasteiger partial charge in [-0.1, -0.05) is 25.7 Å². The van der Waals surface area contributed by atoms with Crippen LogP contribution in [0.4, 0.5) is 0 Å². The minimum Gasteiger partial charge on any atom is -0.381 e. The number of ether oxygens (including phenoxy) is 1. The molecule has 0 heterocycles. The van der Waals surface area contributed by atoms with Crippen molar-refractivity contribution in [1.82, 2.24) is 5.32 Å². The summed E-state index contributed by atoms with van der Waals surface area (Å²) in [6.45, 7) is 3.12. The van der Waals surface area contributed by atoms with Crippen molar-refractivity contribution in [2.24, 2.45) is 5.92 Å². The third-order valence-corrected chi connectivity index (χ3v) is 3.80. The van der Waals surface area contributed by atoms with Crippen LogP contribution in [0.25, 0.3) is 0 Å². The van der Waals surface area contributed by atoms with Gasteiger partial charge in [0.2, 0.25) is 0 Å². The fourth-order valence-electron chi connectivity index (χ4n) is 2.50. The van der Waals surface area contributed by atoms with Gasteiger partial charge < -0.3 is 10.1 Å². The van der Waals surface area contributed by atoms with Crippen LogP contribution >= 0.6 is 0 Å². The predicted molar refractivity (Wildman–Crippen MR) is 67.7 cm³/mol. The van der Waals surface area contributed by atoms with E-state index in [0.717, 1.165) is 31.7 Å². The highest BCUT2D eigenvalue weighted by molar-refractivity contribution is 4.72. The second-order valence-electron chi connectivity index (χ2n) is 5.51. The van der Waals surface area contributed by atoms with Crippen molar-refractivity contribution in [2.45, 2.75) is 63.8 Å². The minimum atomic E-state index is 0.797. The molecule has 2 heteroatoms. The van der Waals surface area contributed by atoms with Gasteiger partial charge in [-0.3, -0.25) is 0 Å². The Hall–Kier alpha value is -0.0800. The first kappa shape index (κ1) is 12.4. The molecule has 0 radical (unpaired) electrons. The molecule has 0 spiro atoms. The maximum absolute atomic E-state index is 5.63. The number of nitrogens with one attached hydrogen (secondary N) is 1. The van der Waals surface area contributed by atoms with Crippen molar-refractivity contribution in [3.05, 3.63) is 0 Å². The number of hydrogen-bond donors (Lipinski definition) is 1. The van der Waals surface area contributed by atoms with Crippen LogP contribution in [0, 0.1) is 5.92 Å². The highest BCUT2D eigenvalue weighted by Gasteiger charge is 2.20. The molecule has 0 aromatic heterocycles. The van der Waals surface area contributed by atoms with Gasteiger partial charge in [0.25, 0.3) is 0 Å². The molecule has 0 aliphatic heterocycles. The summed E-state index contributed by atoms with van der Waals surface area (Å²) in [5.41, 5.74) is 0. The van der Waals surface area contributed by atoms with Gasteiger partial charge in [0, 0.05) is 19.3 Å². The van der Waals surface area contributed by atoms with Gasteiger partial charge in [-0.2, -0.15) is 0 Å². The molecular formula is C14H27NO. The molecule has 0 unspecified atom stereocenters. The molecule has 0 saturated heterocycles. The zero-order valence-corrected chi connectivity index (χ0v) is 10.5. The Labute approximate surface area is 100 Å². The minimum absolute atomic E-state index is 0.797. The lowest BCUT2D eigenvalue weighted by molar-refractivity contribution is 0.121. The molecular weight excluding hydrogens is 198 g/mol. The van der Waals surface area contributed by atoms with E-state index >= 15 is 0 Å². The van der Waals surface area contributed by atoms with Crippen molar-refractivity contribution in [1.29, 1.82) is 0 Å². The molecule has 2 nitrogen and oxygen atoms in total. The molecule has 2 aliphatic carbocycles. The zero-order valence-electron chi connectivity index (χ0n) is 10.5. The topological polar surface area (TPSA) is 21.3 Å². The van der Waals surface area contributed by atoms with Crippen LogP contribution < -0.4 is 5.32 Å². The molecule has 0 atom stereocenters. The Morgan fingerprint density at radius 2 is 1.69 bits per heavy atom. The summed E-state index contributed by atoms with van der Waals surface area (Å²) in [5, 5.41) is 3.69. The van der Waals surface area contributed by atoms with Gasteiger partial charge >= 0.3 is 0 Å². The highest BCUT2D eigenvalue weighted by Crippen LogP contribution is 2.28. The fraction of sp³-hybridized carbons (Fsp3) is 1.00. The predicted octanol–water partition coefficient (Wildman–Crippen LogP) is 3.12. The molecule has 0 amide bonds. The average molecular weight is 225 g/mol. The molecule has 0 bridgehead atoms. The Balaban J connectivity index is 1.40. The van der Waals surface area contributed by atoms with Crippen LogP contribution in [0.1, 0.15) is 57.8 Å². The fourth-order valence-corrected chi connectivity index (χ4v) is 2.50. The first-order valence-corrected chi connectivity index (χ1v) is 7.26. The maximum Gasteiger partial charge on any atom is 0.0494 e. The molecule has 2 aliphatic rings. The largest absolute Gasteiger partial charge is 0.381 e. The Morgan fingerprint density at radius 1 is 0.938 bits per heavy atom. The smallest absolute Gasteiger partial charge is 0.0494 e. The van der Waals surface area contributed by atoms with E-state index in [1.807, 2.05) is 0 Å². The average Bonchev–Trinajstić information content (AvgIpc) is 3.10. The van der Waals surface area contributed by atoms with Gasteiger partial charge in [0.15, 0.2) is 0 Å². The lowest BCUT2D eigenvalue weighted by atomic mass is 10.1. The van der Waals surface area contributed by atoms with E-state index in [4.69, 9.17) is 4.74 Å². The summed E-state index contributed by atoms with van der Waals surface area (Å²) >= 11 is 0. The molecule has 16 heavy (non-hydrogen) atoms. The monoisotopic (exact) mass is 225 g/mol. The summed E-state index contributed by atoms with van der Waals surface area (Å²) in [6.07, 6.45) is 12.5. The van der Waals surface area contributed by atoms with Gasteiger partial charge in [0.05, 0.1) is 0 Å². The van der Waals surface area contributed by atoms with E-state index in [-0.39, 0.29) is 0 Å². The van der Waals surface area contributed by atoms with Crippen molar-refractivity contribution in [3.8, 4) is 0 Å². The molecule has 2 saturated carbocycles. The summed E-state index contributed by atoms with van der Waals surface area (Å²) < 4.78 is 5.63. The van der Waals surface area contributed by atoms with E-state index in [2.05, 4.69) is 5.32 Å². The first-order valence-electron chi connectivity index (χ1n) is 7.26. The summed E-state index contributed by atoms with van der Waals surface area (Å²) in [5.74, 6) is 0.912. The van der Waals surface area contributed by atoms with E-state index in [0.29, 0.717) is 0 Å². The molecule has 94 valence electrons. The van der Waals surface area contributed by atoms with Crippen molar-refractivity contribution < 1.29 is 4.74 Å². The van der Waals surface area contributed by atoms with Crippen molar-refractivity contribution >= 4 is 0 Å². The lowest BCUT2D eigenvalue weighted by Gasteiger charge is -2.15. The molecule has 2 rings (SSSR count). The first-order chi connectivity index (χ1) is 7.95. The second-order valence-corrected chi connectivity index (χ2v) is 5.51. The lowest BCUT2D eigenvalue weighted by Crippen LogP contribution is -2.29. The van der Waals surface area contributed by atoms with E-state index in [9.17, 15) is 0 Å². The molecule has 1 N–H and O–H groups in total. The van der Waals surface area contributed by atoms with E-state index < -0.39 is 0 Å². The Kier molecular flexibility index (Phi) is 5.64. The second kappa shape index (κ2) is 7.29. The highest BCUT2D eigenvalue weighted by atomic mass is 16.5. The maximum atomic E-state index is 5.63. The number of hydrogen-bond acceptors (Lipinski definition) is 2. The van der Waals surface area contributed by atoms with Crippen molar-refractivity contribution in [2.75, 3.05) is 19.8 Å². The van der Waals surface area contributed by atoms with Crippen LogP contribution in [0.3, 0.4) is 0 Å². The summed E-state index contributed by atoms with van der Waals surface area (Å²) in [4.78, 5) is 0. The van der Waals surface area contributed by atoms with Crippen LogP contribution in [0.2, 0.25) is 0 Å². The van der Waals surface area contributed by atoms with Gasteiger partial charge in [0.1, 0.15) is 0 Å². The van der Waals surface area contributed by atoms with Crippen LogP contribution in [0.5, 0.6) is 0 Å². The molecule has 0 aromatic carbocycles. The summed E-state index contributed by atoms with van der Waals surface area (Å²) in [6, 6.07) is 0.797. The third-order valence-electron chi connectivity index (χ3n) is 3.80.